The Labute approximate surface area is 144 Å². The minimum atomic E-state index is -0.248. The molecule has 1 amide bonds. The van der Waals surface area contributed by atoms with Crippen molar-refractivity contribution in [2.75, 3.05) is 19.5 Å². The molecular formula is C18H16N4O3. The van der Waals surface area contributed by atoms with Crippen LogP contribution in [0.2, 0.25) is 0 Å². The molecular weight excluding hydrogens is 320 g/mol. The minimum absolute atomic E-state index is 0.0364. The van der Waals surface area contributed by atoms with Gasteiger partial charge in [-0.15, -0.1) is 0 Å². The molecule has 0 aliphatic rings. The van der Waals surface area contributed by atoms with Gasteiger partial charge >= 0.3 is 0 Å². The van der Waals surface area contributed by atoms with Crippen LogP contribution in [0.5, 0.6) is 11.5 Å². The molecule has 0 radical (unpaired) electrons. The summed E-state index contributed by atoms with van der Waals surface area (Å²) in [4.78, 5) is 16.6. The van der Waals surface area contributed by atoms with Gasteiger partial charge in [0.05, 0.1) is 37.1 Å². The smallest absolute Gasteiger partial charge is 0.244 e. The molecule has 7 heteroatoms. The van der Waals surface area contributed by atoms with Crippen molar-refractivity contribution in [2.24, 2.45) is 0 Å². The number of methoxy groups -OCH3 is 2. The maximum Gasteiger partial charge on any atom is 0.244 e. The predicted molar refractivity (Wildman–Crippen MR) is 92.6 cm³/mol. The van der Waals surface area contributed by atoms with Gasteiger partial charge in [0, 0.05) is 23.9 Å². The van der Waals surface area contributed by atoms with Gasteiger partial charge < -0.3 is 19.4 Å². The zero-order chi connectivity index (χ0) is 17.8. The summed E-state index contributed by atoms with van der Waals surface area (Å²) in [6.07, 6.45) is 1.55. The van der Waals surface area contributed by atoms with Crippen molar-refractivity contribution in [3.05, 3.63) is 48.3 Å². The number of benzene rings is 2. The molecule has 0 fully saturated rings. The summed E-state index contributed by atoms with van der Waals surface area (Å²) in [5, 5.41) is 12.0. The standard InChI is InChI=1S/C18H16N4O3/c1-24-14-6-13(7-15(8-14)25-2)21-17(23)10-22-11-20-16-5-3-4-12(9-19)18(16)22/h3-8,11H,10H2,1-2H3,(H,21,23). The first-order chi connectivity index (χ1) is 12.1. The predicted octanol–water partition coefficient (Wildman–Crippen LogP) is 2.56. The third kappa shape index (κ3) is 3.38. The first-order valence-corrected chi connectivity index (χ1v) is 7.51. The number of hydrogen-bond donors (Lipinski definition) is 1. The van der Waals surface area contributed by atoms with Gasteiger partial charge in [-0.05, 0) is 12.1 Å². The number of hydrogen-bond acceptors (Lipinski definition) is 5. The second kappa shape index (κ2) is 6.93. The van der Waals surface area contributed by atoms with Gasteiger partial charge in [-0.3, -0.25) is 4.79 Å². The van der Waals surface area contributed by atoms with Crippen molar-refractivity contribution >= 4 is 22.6 Å². The van der Waals surface area contributed by atoms with Crippen molar-refractivity contribution < 1.29 is 14.3 Å². The Hall–Kier alpha value is -3.53. The molecule has 7 nitrogen and oxygen atoms in total. The van der Waals surface area contributed by atoms with Gasteiger partial charge in [0.15, 0.2) is 0 Å². The number of nitrogens with one attached hydrogen (secondary N) is 1. The van der Waals surface area contributed by atoms with Gasteiger partial charge in [-0.1, -0.05) is 6.07 Å². The molecule has 0 saturated heterocycles. The number of rotatable bonds is 5. The molecule has 1 heterocycles. The van der Waals surface area contributed by atoms with Crippen LogP contribution < -0.4 is 14.8 Å². The average molecular weight is 336 g/mol. The highest BCUT2D eigenvalue weighted by molar-refractivity contribution is 5.92. The number of imidazole rings is 1. The topological polar surface area (TPSA) is 89.2 Å². The molecule has 0 bridgehead atoms. The Balaban J connectivity index is 1.83. The van der Waals surface area contributed by atoms with E-state index < -0.39 is 0 Å². The van der Waals surface area contributed by atoms with Crippen LogP contribution in [0.25, 0.3) is 11.0 Å². The molecule has 2 aromatic carbocycles. The van der Waals surface area contributed by atoms with Crippen LogP contribution in [-0.2, 0) is 11.3 Å². The van der Waals surface area contributed by atoms with E-state index in [1.165, 1.54) is 0 Å². The zero-order valence-corrected chi connectivity index (χ0v) is 13.8. The van der Waals surface area contributed by atoms with E-state index in [0.29, 0.717) is 33.8 Å². The summed E-state index contributed by atoms with van der Waals surface area (Å²) in [6.45, 7) is 0.0364. The third-order valence-corrected chi connectivity index (χ3v) is 3.71. The van der Waals surface area contributed by atoms with Crippen LogP contribution in [0.3, 0.4) is 0 Å². The highest BCUT2D eigenvalue weighted by Crippen LogP contribution is 2.26. The minimum Gasteiger partial charge on any atom is -0.497 e. The lowest BCUT2D eigenvalue weighted by molar-refractivity contribution is -0.116. The normalized spacial score (nSPS) is 10.3. The second-order valence-electron chi connectivity index (χ2n) is 5.31. The Kier molecular flexibility index (Phi) is 4.53. The molecule has 3 rings (SSSR count). The molecule has 1 N–H and O–H groups in total. The van der Waals surface area contributed by atoms with Crippen LogP contribution in [-0.4, -0.2) is 29.7 Å². The maximum absolute atomic E-state index is 12.4. The van der Waals surface area contributed by atoms with Crippen LogP contribution in [0.1, 0.15) is 5.56 Å². The number of aromatic nitrogens is 2. The van der Waals surface area contributed by atoms with Crippen LogP contribution in [0.4, 0.5) is 5.69 Å². The fourth-order valence-electron chi connectivity index (χ4n) is 2.57. The van der Waals surface area contributed by atoms with E-state index >= 15 is 0 Å². The first-order valence-electron chi connectivity index (χ1n) is 7.51. The number of amides is 1. The Morgan fingerprint density at radius 2 is 1.96 bits per heavy atom. The van der Waals surface area contributed by atoms with Gasteiger partial charge in [0.2, 0.25) is 5.91 Å². The van der Waals surface area contributed by atoms with Crippen LogP contribution in [0, 0.1) is 11.3 Å². The summed E-state index contributed by atoms with van der Waals surface area (Å²) < 4.78 is 12.0. The number of para-hydroxylation sites is 1. The number of carbonyl (C=O) groups excluding carboxylic acids is 1. The Morgan fingerprint density at radius 3 is 2.60 bits per heavy atom. The van der Waals surface area contributed by atoms with Crippen molar-refractivity contribution in [1.29, 1.82) is 5.26 Å². The lowest BCUT2D eigenvalue weighted by Crippen LogP contribution is -2.18. The molecule has 0 unspecified atom stereocenters. The molecule has 0 atom stereocenters. The fraction of sp³-hybridized carbons (Fsp3) is 0.167. The summed E-state index contributed by atoms with van der Waals surface area (Å²) in [7, 11) is 3.09. The van der Waals surface area contributed by atoms with Crippen LogP contribution in [0.15, 0.2) is 42.7 Å². The quantitative estimate of drug-likeness (QED) is 0.773. The molecule has 0 spiro atoms. The van der Waals surface area contributed by atoms with E-state index in [2.05, 4.69) is 16.4 Å². The molecule has 3 aromatic rings. The number of ether oxygens (including phenoxy) is 2. The number of nitrogens with zero attached hydrogens (tertiary/aromatic N) is 3. The molecule has 25 heavy (non-hydrogen) atoms. The summed E-state index contributed by atoms with van der Waals surface area (Å²) >= 11 is 0. The summed E-state index contributed by atoms with van der Waals surface area (Å²) in [6, 6.07) is 12.5. The van der Waals surface area contributed by atoms with E-state index in [9.17, 15) is 10.1 Å². The zero-order valence-electron chi connectivity index (χ0n) is 13.8. The van der Waals surface area contributed by atoms with Crippen LogP contribution >= 0.6 is 0 Å². The molecule has 0 saturated carbocycles. The van der Waals surface area contributed by atoms with E-state index in [1.807, 2.05) is 0 Å². The lowest BCUT2D eigenvalue weighted by atomic mass is 10.2. The Bertz CT molecular complexity index is 950. The van der Waals surface area contributed by atoms with E-state index in [1.54, 1.807) is 61.5 Å². The summed E-state index contributed by atoms with van der Waals surface area (Å²) in [5.41, 5.74) is 2.36. The fourth-order valence-corrected chi connectivity index (χ4v) is 2.57. The number of nitriles is 1. The van der Waals surface area contributed by atoms with E-state index in [4.69, 9.17) is 9.47 Å². The van der Waals surface area contributed by atoms with Gasteiger partial charge in [0.1, 0.15) is 24.1 Å². The van der Waals surface area contributed by atoms with E-state index in [0.717, 1.165) is 0 Å². The second-order valence-corrected chi connectivity index (χ2v) is 5.31. The highest BCUT2D eigenvalue weighted by Gasteiger charge is 2.12. The third-order valence-electron chi connectivity index (χ3n) is 3.71. The lowest BCUT2D eigenvalue weighted by Gasteiger charge is -2.10. The molecule has 126 valence electrons. The molecule has 1 aromatic heterocycles. The number of carbonyl (C=O) groups is 1. The number of anilines is 1. The largest absolute Gasteiger partial charge is 0.497 e. The van der Waals surface area contributed by atoms with E-state index in [-0.39, 0.29) is 12.5 Å². The maximum atomic E-state index is 12.4. The van der Waals surface area contributed by atoms with Gasteiger partial charge in [0.25, 0.3) is 0 Å². The van der Waals surface area contributed by atoms with Crippen molar-refractivity contribution in [2.45, 2.75) is 6.54 Å². The molecule has 0 aliphatic heterocycles. The monoisotopic (exact) mass is 336 g/mol. The SMILES string of the molecule is COc1cc(NC(=O)Cn2cnc3cccc(C#N)c32)cc(OC)c1. The van der Waals surface area contributed by atoms with Gasteiger partial charge in [-0.2, -0.15) is 5.26 Å². The Morgan fingerprint density at radius 1 is 1.24 bits per heavy atom. The first kappa shape index (κ1) is 16.3. The molecule has 0 aliphatic carbocycles. The van der Waals surface area contributed by atoms with Crippen molar-refractivity contribution in [3.63, 3.8) is 0 Å². The number of fused-ring (bicyclic) bond motifs is 1. The average Bonchev–Trinajstić information content (AvgIpc) is 3.04. The van der Waals surface area contributed by atoms with Crippen molar-refractivity contribution in [1.82, 2.24) is 9.55 Å². The summed E-state index contributed by atoms with van der Waals surface area (Å²) in [5.74, 6) is 0.909. The van der Waals surface area contributed by atoms with Crippen molar-refractivity contribution in [3.8, 4) is 17.6 Å². The highest BCUT2D eigenvalue weighted by atomic mass is 16.5. The van der Waals surface area contributed by atoms with Gasteiger partial charge in [-0.25, -0.2) is 4.98 Å².